The number of carbonyl (C=O) groups is 1. The van der Waals surface area contributed by atoms with Crippen LogP contribution in [0.3, 0.4) is 0 Å². The van der Waals surface area contributed by atoms with E-state index in [1.54, 1.807) is 18.3 Å². The van der Waals surface area contributed by atoms with Crippen molar-refractivity contribution in [2.45, 2.75) is 0 Å². The van der Waals surface area contributed by atoms with Crippen molar-refractivity contribution in [2.24, 2.45) is 0 Å². The zero-order valence-electron chi connectivity index (χ0n) is 9.85. The second kappa shape index (κ2) is 4.81. The summed E-state index contributed by atoms with van der Waals surface area (Å²) in [6.07, 6.45) is 3.06. The molecule has 5 nitrogen and oxygen atoms in total. The first-order chi connectivity index (χ1) is 9.34. The molecule has 0 aliphatic carbocycles. The third kappa shape index (κ3) is 2.26. The smallest absolute Gasteiger partial charge is 0.289 e. The average Bonchev–Trinajstić information content (AvgIpc) is 2.98. The van der Waals surface area contributed by atoms with Gasteiger partial charge in [0.1, 0.15) is 0 Å². The summed E-state index contributed by atoms with van der Waals surface area (Å²) in [6, 6.07) is 12.6. The van der Waals surface area contributed by atoms with Crippen LogP contribution in [0.4, 0.5) is 0 Å². The maximum absolute atomic E-state index is 12.1. The first kappa shape index (κ1) is 11.3. The minimum atomic E-state index is -0.331. The van der Waals surface area contributed by atoms with Crippen molar-refractivity contribution < 1.29 is 9.21 Å². The van der Waals surface area contributed by atoms with E-state index >= 15 is 0 Å². The Morgan fingerprint density at radius 2 is 1.84 bits per heavy atom. The normalized spacial score (nSPS) is 10.3. The Balaban J connectivity index is 1.92. The maximum atomic E-state index is 12.1. The van der Waals surface area contributed by atoms with Crippen LogP contribution in [0.25, 0.3) is 11.5 Å². The van der Waals surface area contributed by atoms with Gasteiger partial charge in [0.05, 0.1) is 0 Å². The summed E-state index contributed by atoms with van der Waals surface area (Å²) >= 11 is 0. The predicted octanol–water partition coefficient (Wildman–Crippen LogP) is 2.36. The van der Waals surface area contributed by atoms with Gasteiger partial charge in [-0.1, -0.05) is 18.2 Å². The number of pyridine rings is 1. The molecule has 0 fully saturated rings. The standard InChI is InChI=1S/C14H9N3O2/c18-12(11-7-4-8-15-9-11)14-17-16-13(19-14)10-5-2-1-3-6-10/h1-9H. The van der Waals surface area contributed by atoms with Crippen LogP contribution < -0.4 is 0 Å². The van der Waals surface area contributed by atoms with Crippen LogP contribution in [-0.2, 0) is 0 Å². The van der Waals surface area contributed by atoms with E-state index in [4.69, 9.17) is 4.42 Å². The highest BCUT2D eigenvalue weighted by atomic mass is 16.4. The van der Waals surface area contributed by atoms with Crippen molar-refractivity contribution >= 4 is 5.78 Å². The minimum Gasteiger partial charge on any atom is -0.413 e. The van der Waals surface area contributed by atoms with Crippen molar-refractivity contribution in [2.75, 3.05) is 0 Å². The summed E-state index contributed by atoms with van der Waals surface area (Å²) in [7, 11) is 0. The molecule has 0 radical (unpaired) electrons. The summed E-state index contributed by atoms with van der Waals surface area (Å²) in [6.45, 7) is 0. The topological polar surface area (TPSA) is 68.9 Å². The molecule has 19 heavy (non-hydrogen) atoms. The fourth-order valence-corrected chi connectivity index (χ4v) is 1.63. The molecule has 0 saturated carbocycles. The third-order valence-electron chi connectivity index (χ3n) is 2.56. The molecular weight excluding hydrogens is 242 g/mol. The first-order valence-corrected chi connectivity index (χ1v) is 5.68. The molecule has 0 aliphatic rings. The number of carbonyl (C=O) groups excluding carboxylic acids is 1. The lowest BCUT2D eigenvalue weighted by Gasteiger charge is -1.94. The SMILES string of the molecule is O=C(c1cccnc1)c1nnc(-c2ccccc2)o1. The molecule has 5 heteroatoms. The van der Waals surface area contributed by atoms with Crippen LogP contribution in [0.1, 0.15) is 16.2 Å². The zero-order valence-corrected chi connectivity index (χ0v) is 9.85. The number of aromatic nitrogens is 3. The molecule has 2 heterocycles. The van der Waals surface area contributed by atoms with Crippen LogP contribution in [0.2, 0.25) is 0 Å². The van der Waals surface area contributed by atoms with Crippen LogP contribution in [0, 0.1) is 0 Å². The molecule has 2 aromatic heterocycles. The monoisotopic (exact) mass is 251 g/mol. The second-order valence-electron chi connectivity index (χ2n) is 3.85. The highest BCUT2D eigenvalue weighted by Gasteiger charge is 2.17. The Hall–Kier alpha value is -2.82. The molecule has 0 saturated heterocycles. The highest BCUT2D eigenvalue weighted by molar-refractivity contribution is 6.05. The van der Waals surface area contributed by atoms with E-state index in [-0.39, 0.29) is 11.7 Å². The van der Waals surface area contributed by atoms with Gasteiger partial charge in [0, 0.05) is 23.5 Å². The zero-order chi connectivity index (χ0) is 13.1. The molecule has 0 atom stereocenters. The fourth-order valence-electron chi connectivity index (χ4n) is 1.63. The molecule has 0 unspecified atom stereocenters. The molecule has 0 N–H and O–H groups in total. The molecule has 3 rings (SSSR count). The third-order valence-corrected chi connectivity index (χ3v) is 2.56. The lowest BCUT2D eigenvalue weighted by atomic mass is 10.2. The van der Waals surface area contributed by atoms with Crippen molar-refractivity contribution in [1.82, 2.24) is 15.2 Å². The largest absolute Gasteiger partial charge is 0.413 e. The van der Waals surface area contributed by atoms with Crippen molar-refractivity contribution in [3.05, 3.63) is 66.3 Å². The number of rotatable bonds is 3. The van der Waals surface area contributed by atoms with Gasteiger partial charge in [0.2, 0.25) is 5.89 Å². The van der Waals surface area contributed by atoms with Gasteiger partial charge in [-0.05, 0) is 24.3 Å². The molecule has 0 bridgehead atoms. The number of nitrogens with zero attached hydrogens (tertiary/aromatic N) is 3. The van der Waals surface area contributed by atoms with E-state index in [1.807, 2.05) is 30.3 Å². The Bertz CT molecular complexity index is 693. The summed E-state index contributed by atoms with van der Waals surface area (Å²) in [5.74, 6) is -0.0394. The van der Waals surface area contributed by atoms with Gasteiger partial charge in [-0.3, -0.25) is 9.78 Å². The molecular formula is C14H9N3O2. The first-order valence-electron chi connectivity index (χ1n) is 5.68. The number of benzene rings is 1. The Morgan fingerprint density at radius 1 is 1.00 bits per heavy atom. The lowest BCUT2D eigenvalue weighted by Crippen LogP contribution is -2.01. The number of hydrogen-bond donors (Lipinski definition) is 0. The van der Waals surface area contributed by atoms with Crippen LogP contribution in [-0.4, -0.2) is 21.0 Å². The van der Waals surface area contributed by atoms with Crippen molar-refractivity contribution in [3.8, 4) is 11.5 Å². The maximum Gasteiger partial charge on any atom is 0.289 e. The van der Waals surface area contributed by atoms with Gasteiger partial charge >= 0.3 is 0 Å². The Labute approximate surface area is 108 Å². The van der Waals surface area contributed by atoms with Crippen molar-refractivity contribution in [3.63, 3.8) is 0 Å². The molecule has 92 valence electrons. The van der Waals surface area contributed by atoms with Gasteiger partial charge < -0.3 is 4.42 Å². The van der Waals surface area contributed by atoms with Gasteiger partial charge in [0.25, 0.3) is 11.7 Å². The summed E-state index contributed by atoms with van der Waals surface area (Å²) < 4.78 is 5.39. The van der Waals surface area contributed by atoms with Crippen LogP contribution >= 0.6 is 0 Å². The van der Waals surface area contributed by atoms with E-state index in [2.05, 4.69) is 15.2 Å². The van der Waals surface area contributed by atoms with Crippen LogP contribution in [0.15, 0.2) is 59.3 Å². The predicted molar refractivity (Wildman–Crippen MR) is 67.4 cm³/mol. The Kier molecular flexibility index (Phi) is 2.86. The number of hydrogen-bond acceptors (Lipinski definition) is 5. The van der Waals surface area contributed by atoms with E-state index < -0.39 is 0 Å². The second-order valence-corrected chi connectivity index (χ2v) is 3.85. The Morgan fingerprint density at radius 3 is 2.58 bits per heavy atom. The van der Waals surface area contributed by atoms with Crippen LogP contribution in [0.5, 0.6) is 0 Å². The van der Waals surface area contributed by atoms with Gasteiger partial charge in [-0.25, -0.2) is 0 Å². The molecule has 0 amide bonds. The fraction of sp³-hybridized carbons (Fsp3) is 0. The average molecular weight is 251 g/mol. The lowest BCUT2D eigenvalue weighted by molar-refractivity contribution is 0.100. The molecule has 1 aromatic carbocycles. The van der Waals surface area contributed by atoms with Gasteiger partial charge in [-0.15, -0.1) is 10.2 Å². The quantitative estimate of drug-likeness (QED) is 0.668. The molecule has 0 spiro atoms. The minimum absolute atomic E-state index is 0.0353. The summed E-state index contributed by atoms with van der Waals surface area (Å²) in [4.78, 5) is 15.9. The van der Waals surface area contributed by atoms with Crippen molar-refractivity contribution in [1.29, 1.82) is 0 Å². The van der Waals surface area contributed by atoms with Gasteiger partial charge in [-0.2, -0.15) is 0 Å². The van der Waals surface area contributed by atoms with E-state index in [0.717, 1.165) is 5.56 Å². The van der Waals surface area contributed by atoms with Gasteiger partial charge in [0.15, 0.2) is 0 Å². The van der Waals surface area contributed by atoms with E-state index in [1.165, 1.54) is 6.20 Å². The number of ketones is 1. The van der Waals surface area contributed by atoms with E-state index in [9.17, 15) is 4.79 Å². The molecule has 3 aromatic rings. The molecule has 0 aliphatic heterocycles. The summed E-state index contributed by atoms with van der Waals surface area (Å²) in [5, 5.41) is 7.65. The highest BCUT2D eigenvalue weighted by Crippen LogP contribution is 2.18. The summed E-state index contributed by atoms with van der Waals surface area (Å²) in [5.41, 5.74) is 1.20. The van der Waals surface area contributed by atoms with E-state index in [0.29, 0.717) is 11.5 Å².